The van der Waals surface area contributed by atoms with Crippen molar-refractivity contribution in [1.82, 2.24) is 0 Å². The third-order valence-corrected chi connectivity index (χ3v) is 3.76. The lowest BCUT2D eigenvalue weighted by Gasteiger charge is -2.33. The van der Waals surface area contributed by atoms with Crippen molar-refractivity contribution in [2.45, 2.75) is 19.4 Å². The molecule has 1 heterocycles. The molecule has 0 spiro atoms. The molecule has 0 bridgehead atoms. The van der Waals surface area contributed by atoms with Crippen LogP contribution in [0.15, 0.2) is 42.5 Å². The number of nitrogens with one attached hydrogen (secondary N) is 2. The fourth-order valence-electron chi connectivity index (χ4n) is 2.29. The molecule has 5 nitrogen and oxygen atoms in total. The Morgan fingerprint density at radius 1 is 1.26 bits per heavy atom. The lowest BCUT2D eigenvalue weighted by atomic mass is 10.0. The van der Waals surface area contributed by atoms with Crippen LogP contribution in [0.1, 0.15) is 12.5 Å². The molecule has 1 aliphatic heterocycles. The highest BCUT2D eigenvalue weighted by molar-refractivity contribution is 6.19. The van der Waals surface area contributed by atoms with Gasteiger partial charge in [0.25, 0.3) is 17.4 Å². The summed E-state index contributed by atoms with van der Waals surface area (Å²) in [5.74, 6) is -1.32. The summed E-state index contributed by atoms with van der Waals surface area (Å²) in [6, 6.07) is 10.9. The predicted molar refractivity (Wildman–Crippen MR) is 83.9 cm³/mol. The normalized spacial score (nSPS) is 19.3. The third-order valence-electron chi connectivity index (χ3n) is 3.76. The number of fused-ring (bicyclic) bond motifs is 1. The highest BCUT2D eigenvalue weighted by Gasteiger charge is 2.47. The van der Waals surface area contributed by atoms with Crippen molar-refractivity contribution in [3.05, 3.63) is 53.8 Å². The second-order valence-corrected chi connectivity index (χ2v) is 5.50. The topological polar surface area (TPSA) is 67.4 Å². The summed E-state index contributed by atoms with van der Waals surface area (Å²) in [5, 5.41) is 5.20. The lowest BCUT2D eigenvalue weighted by molar-refractivity contribution is -0.143. The average molecular weight is 314 g/mol. The second-order valence-electron chi connectivity index (χ2n) is 5.50. The summed E-state index contributed by atoms with van der Waals surface area (Å²) < 4.78 is 19.0. The Labute approximate surface area is 132 Å². The summed E-state index contributed by atoms with van der Waals surface area (Å²) in [7, 11) is 0. The number of anilines is 2. The van der Waals surface area contributed by atoms with E-state index >= 15 is 0 Å². The summed E-state index contributed by atoms with van der Waals surface area (Å²) in [5.41, 5.74) is -0.260. The van der Waals surface area contributed by atoms with Crippen LogP contribution in [0.4, 0.5) is 15.8 Å². The molecule has 1 unspecified atom stereocenters. The van der Waals surface area contributed by atoms with E-state index in [1.54, 1.807) is 37.3 Å². The molecule has 118 valence electrons. The Morgan fingerprint density at radius 2 is 2.00 bits per heavy atom. The molecular weight excluding hydrogens is 299 g/mol. The number of aryl methyl sites for hydroxylation is 1. The van der Waals surface area contributed by atoms with E-state index < -0.39 is 23.2 Å². The van der Waals surface area contributed by atoms with Crippen molar-refractivity contribution in [3.8, 4) is 5.75 Å². The van der Waals surface area contributed by atoms with Crippen molar-refractivity contribution in [2.75, 3.05) is 10.6 Å². The van der Waals surface area contributed by atoms with E-state index in [4.69, 9.17) is 4.74 Å². The van der Waals surface area contributed by atoms with Crippen LogP contribution in [-0.2, 0) is 9.59 Å². The van der Waals surface area contributed by atoms with E-state index in [9.17, 15) is 14.0 Å². The lowest BCUT2D eigenvalue weighted by Crippen LogP contribution is -2.56. The number of amides is 2. The van der Waals surface area contributed by atoms with Gasteiger partial charge in [0.2, 0.25) is 0 Å². The molecule has 2 N–H and O–H groups in total. The van der Waals surface area contributed by atoms with Crippen LogP contribution in [0.3, 0.4) is 0 Å². The van der Waals surface area contributed by atoms with E-state index in [2.05, 4.69) is 10.6 Å². The molecule has 0 aromatic heterocycles. The third kappa shape index (κ3) is 2.63. The highest BCUT2D eigenvalue weighted by atomic mass is 19.1. The number of halogens is 1. The number of ether oxygens (including phenoxy) is 1. The smallest absolute Gasteiger partial charge is 0.278 e. The zero-order valence-electron chi connectivity index (χ0n) is 12.6. The maximum absolute atomic E-state index is 13.3. The molecular formula is C17H15FN2O3. The van der Waals surface area contributed by atoms with Gasteiger partial charge >= 0.3 is 0 Å². The number of benzene rings is 2. The van der Waals surface area contributed by atoms with Gasteiger partial charge in [-0.15, -0.1) is 0 Å². The van der Waals surface area contributed by atoms with Gasteiger partial charge in [0, 0.05) is 5.69 Å². The zero-order chi connectivity index (χ0) is 16.6. The SMILES string of the molecule is Cc1ccc(F)cc1NC(=O)C1(C)Oc2ccccc2NC1=O. The largest absolute Gasteiger partial charge is 0.466 e. The molecule has 0 saturated carbocycles. The van der Waals surface area contributed by atoms with Crippen LogP contribution >= 0.6 is 0 Å². The quantitative estimate of drug-likeness (QED) is 0.838. The molecule has 2 aromatic rings. The van der Waals surface area contributed by atoms with Crippen molar-refractivity contribution in [1.29, 1.82) is 0 Å². The Kier molecular flexibility index (Phi) is 3.52. The van der Waals surface area contributed by atoms with Crippen LogP contribution in [0.2, 0.25) is 0 Å². The standard InChI is InChI=1S/C17H15FN2O3/c1-10-7-8-11(18)9-13(10)20-16(22)17(2)15(21)19-12-5-3-4-6-14(12)23-17/h3-9H,1-2H3,(H,19,21)(H,20,22). The van der Waals surface area contributed by atoms with Gasteiger partial charge in [0.1, 0.15) is 11.6 Å². The number of para-hydroxylation sites is 2. The molecule has 2 aromatic carbocycles. The monoisotopic (exact) mass is 314 g/mol. The second kappa shape index (κ2) is 5.39. The van der Waals surface area contributed by atoms with Crippen LogP contribution in [0.5, 0.6) is 5.75 Å². The Morgan fingerprint density at radius 3 is 2.78 bits per heavy atom. The van der Waals surface area contributed by atoms with E-state index in [1.165, 1.54) is 19.1 Å². The first-order valence-corrected chi connectivity index (χ1v) is 7.07. The average Bonchev–Trinajstić information content (AvgIpc) is 2.52. The summed E-state index contributed by atoms with van der Waals surface area (Å²) in [4.78, 5) is 24.8. The molecule has 0 radical (unpaired) electrons. The zero-order valence-corrected chi connectivity index (χ0v) is 12.6. The van der Waals surface area contributed by atoms with Crippen LogP contribution < -0.4 is 15.4 Å². The van der Waals surface area contributed by atoms with E-state index in [1.807, 2.05) is 0 Å². The summed E-state index contributed by atoms with van der Waals surface area (Å²) in [6.45, 7) is 3.11. The minimum Gasteiger partial charge on any atom is -0.466 e. The molecule has 1 aliphatic rings. The van der Waals surface area contributed by atoms with E-state index in [0.29, 0.717) is 22.7 Å². The molecule has 3 rings (SSSR count). The Hall–Kier alpha value is -2.89. The maximum Gasteiger partial charge on any atom is 0.278 e. The Balaban J connectivity index is 1.89. The number of carbonyl (C=O) groups excluding carboxylic acids is 2. The van der Waals surface area contributed by atoms with Crippen LogP contribution in [0.25, 0.3) is 0 Å². The van der Waals surface area contributed by atoms with Gasteiger partial charge in [0.05, 0.1) is 5.69 Å². The summed E-state index contributed by atoms with van der Waals surface area (Å²) >= 11 is 0. The molecule has 0 saturated heterocycles. The van der Waals surface area contributed by atoms with Crippen LogP contribution in [-0.4, -0.2) is 17.4 Å². The number of carbonyl (C=O) groups is 2. The number of hydrogen-bond donors (Lipinski definition) is 2. The fourth-order valence-corrected chi connectivity index (χ4v) is 2.29. The van der Waals surface area contributed by atoms with Gasteiger partial charge in [-0.2, -0.15) is 0 Å². The van der Waals surface area contributed by atoms with Gasteiger partial charge in [-0.05, 0) is 43.7 Å². The molecule has 6 heteroatoms. The summed E-state index contributed by atoms with van der Waals surface area (Å²) in [6.07, 6.45) is 0. The van der Waals surface area contributed by atoms with Gasteiger partial charge in [0.15, 0.2) is 0 Å². The minimum atomic E-state index is -1.74. The minimum absolute atomic E-state index is 0.298. The first-order valence-electron chi connectivity index (χ1n) is 7.07. The highest BCUT2D eigenvalue weighted by Crippen LogP contribution is 2.34. The van der Waals surface area contributed by atoms with Gasteiger partial charge in [-0.3, -0.25) is 9.59 Å². The van der Waals surface area contributed by atoms with Crippen molar-refractivity contribution in [2.24, 2.45) is 0 Å². The first-order chi connectivity index (χ1) is 10.9. The molecule has 0 aliphatic carbocycles. The first kappa shape index (κ1) is 15.0. The number of rotatable bonds is 2. The molecule has 2 amide bonds. The van der Waals surface area contributed by atoms with Gasteiger partial charge in [-0.1, -0.05) is 18.2 Å². The maximum atomic E-state index is 13.3. The molecule has 1 atom stereocenters. The Bertz CT molecular complexity index is 806. The number of hydrogen-bond acceptors (Lipinski definition) is 3. The van der Waals surface area contributed by atoms with Gasteiger partial charge in [-0.25, -0.2) is 4.39 Å². The predicted octanol–water partition coefficient (Wildman–Crippen LogP) is 2.86. The fraction of sp³-hybridized carbons (Fsp3) is 0.176. The van der Waals surface area contributed by atoms with Crippen molar-refractivity contribution < 1.29 is 18.7 Å². The molecule has 0 fully saturated rings. The van der Waals surface area contributed by atoms with Crippen LogP contribution in [0, 0.1) is 12.7 Å². The van der Waals surface area contributed by atoms with E-state index in [-0.39, 0.29) is 0 Å². The van der Waals surface area contributed by atoms with Crippen molar-refractivity contribution >= 4 is 23.2 Å². The van der Waals surface area contributed by atoms with Gasteiger partial charge < -0.3 is 15.4 Å². The van der Waals surface area contributed by atoms with E-state index in [0.717, 1.165) is 0 Å². The molecule has 23 heavy (non-hydrogen) atoms. The van der Waals surface area contributed by atoms with Crippen molar-refractivity contribution in [3.63, 3.8) is 0 Å².